The van der Waals surface area contributed by atoms with Gasteiger partial charge in [0.25, 0.3) is 0 Å². The second kappa shape index (κ2) is 9.77. The van der Waals surface area contributed by atoms with Crippen molar-refractivity contribution in [3.05, 3.63) is 24.0 Å². The molecule has 9 heteroatoms. The fourth-order valence-corrected chi connectivity index (χ4v) is 3.48. The number of benzene rings is 1. The number of carbonyl (C=O) groups excluding carboxylic acids is 3. The number of anilines is 1. The number of ether oxygens (including phenoxy) is 1. The molecule has 2 aliphatic rings. The largest absolute Gasteiger partial charge is 0.497 e. The summed E-state index contributed by atoms with van der Waals surface area (Å²) in [5.74, 6) is -0.246. The Balaban J connectivity index is 1.42. The molecular formula is C21H29FN4O4. The van der Waals surface area contributed by atoms with Crippen molar-refractivity contribution in [3.63, 3.8) is 0 Å². The van der Waals surface area contributed by atoms with Crippen molar-refractivity contribution in [1.29, 1.82) is 0 Å². The summed E-state index contributed by atoms with van der Waals surface area (Å²) in [6.45, 7) is 4.08. The van der Waals surface area contributed by atoms with Crippen LogP contribution in [-0.2, 0) is 9.59 Å². The molecule has 1 saturated carbocycles. The molecule has 30 heavy (non-hydrogen) atoms. The van der Waals surface area contributed by atoms with E-state index in [9.17, 15) is 18.8 Å². The molecule has 1 aliphatic carbocycles. The summed E-state index contributed by atoms with van der Waals surface area (Å²) in [5, 5.41) is 4.90. The number of halogens is 1. The van der Waals surface area contributed by atoms with Gasteiger partial charge in [-0.1, -0.05) is 6.92 Å². The zero-order valence-corrected chi connectivity index (χ0v) is 17.4. The average Bonchev–Trinajstić information content (AvgIpc) is 3.54. The van der Waals surface area contributed by atoms with Crippen LogP contribution in [0.4, 0.5) is 14.9 Å². The van der Waals surface area contributed by atoms with Gasteiger partial charge in [0.05, 0.1) is 13.0 Å². The third-order valence-electron chi connectivity index (χ3n) is 5.46. The summed E-state index contributed by atoms with van der Waals surface area (Å²) in [6, 6.07) is 3.99. The van der Waals surface area contributed by atoms with Gasteiger partial charge in [0.1, 0.15) is 11.6 Å². The number of amides is 4. The van der Waals surface area contributed by atoms with Crippen molar-refractivity contribution in [1.82, 2.24) is 15.5 Å². The quantitative estimate of drug-likeness (QED) is 0.701. The monoisotopic (exact) mass is 420 g/mol. The van der Waals surface area contributed by atoms with E-state index in [1.807, 2.05) is 4.90 Å². The van der Waals surface area contributed by atoms with Gasteiger partial charge >= 0.3 is 6.03 Å². The van der Waals surface area contributed by atoms with Gasteiger partial charge in [0, 0.05) is 57.0 Å². The molecule has 0 spiro atoms. The summed E-state index contributed by atoms with van der Waals surface area (Å²) in [4.78, 5) is 39.9. The minimum absolute atomic E-state index is 0.0592. The normalized spacial score (nSPS) is 17.3. The minimum Gasteiger partial charge on any atom is -0.497 e. The summed E-state index contributed by atoms with van der Waals surface area (Å²) >= 11 is 0. The predicted octanol–water partition coefficient (Wildman–Crippen LogP) is 1.74. The molecule has 164 valence electrons. The van der Waals surface area contributed by atoms with Crippen LogP contribution in [0.25, 0.3) is 0 Å². The molecule has 2 fully saturated rings. The molecule has 1 saturated heterocycles. The number of piperazine rings is 1. The first-order chi connectivity index (χ1) is 14.4. The van der Waals surface area contributed by atoms with E-state index in [1.165, 1.54) is 19.2 Å². The number of urea groups is 1. The van der Waals surface area contributed by atoms with E-state index < -0.39 is 11.9 Å². The minimum atomic E-state index is -0.565. The number of rotatable bonds is 7. The van der Waals surface area contributed by atoms with Crippen LogP contribution in [0.5, 0.6) is 5.75 Å². The summed E-state index contributed by atoms with van der Waals surface area (Å²) < 4.78 is 18.9. The second-order valence-corrected chi connectivity index (χ2v) is 7.97. The van der Waals surface area contributed by atoms with Crippen molar-refractivity contribution < 1.29 is 23.5 Å². The lowest BCUT2D eigenvalue weighted by atomic mass is 10.1. The molecular weight excluding hydrogens is 391 g/mol. The zero-order chi connectivity index (χ0) is 21.7. The van der Waals surface area contributed by atoms with Crippen molar-refractivity contribution in [2.75, 3.05) is 44.7 Å². The number of carbonyl (C=O) groups is 3. The maximum Gasteiger partial charge on any atom is 0.321 e. The molecule has 2 N–H and O–H groups in total. The number of hydrogen-bond acceptors (Lipinski definition) is 5. The first-order valence-corrected chi connectivity index (χ1v) is 10.3. The highest BCUT2D eigenvalue weighted by molar-refractivity contribution is 5.94. The van der Waals surface area contributed by atoms with Crippen LogP contribution in [0.2, 0.25) is 0 Å². The molecule has 4 amide bonds. The van der Waals surface area contributed by atoms with Gasteiger partial charge in [-0.25, -0.2) is 9.18 Å². The van der Waals surface area contributed by atoms with Gasteiger partial charge in [-0.05, 0) is 24.8 Å². The molecule has 1 atom stereocenters. The molecule has 1 aliphatic heterocycles. The highest BCUT2D eigenvalue weighted by atomic mass is 19.1. The highest BCUT2D eigenvalue weighted by Crippen LogP contribution is 2.32. The topological polar surface area (TPSA) is 91.0 Å². The van der Waals surface area contributed by atoms with E-state index in [0.29, 0.717) is 44.3 Å². The summed E-state index contributed by atoms with van der Waals surface area (Å²) in [7, 11) is 1.49. The molecule has 0 radical (unpaired) electrons. The number of methoxy groups -OCH3 is 1. The Labute approximate surface area is 175 Å². The lowest BCUT2D eigenvalue weighted by molar-refractivity contribution is -0.135. The summed E-state index contributed by atoms with van der Waals surface area (Å²) in [5.41, 5.74) is 0.723. The lowest BCUT2D eigenvalue weighted by Gasteiger charge is -2.37. The smallest absolute Gasteiger partial charge is 0.321 e. The Kier molecular flexibility index (Phi) is 7.12. The van der Waals surface area contributed by atoms with Crippen LogP contribution in [0, 0.1) is 17.7 Å². The van der Waals surface area contributed by atoms with E-state index in [0.717, 1.165) is 18.5 Å². The van der Waals surface area contributed by atoms with E-state index in [2.05, 4.69) is 10.6 Å². The zero-order valence-electron chi connectivity index (χ0n) is 17.4. The molecule has 3 rings (SSSR count). The van der Waals surface area contributed by atoms with Crippen LogP contribution in [-0.4, -0.2) is 62.6 Å². The van der Waals surface area contributed by atoms with Crippen molar-refractivity contribution in [2.45, 2.75) is 26.2 Å². The van der Waals surface area contributed by atoms with Gasteiger partial charge in [-0.2, -0.15) is 0 Å². The fraction of sp³-hybridized carbons (Fsp3) is 0.571. The lowest BCUT2D eigenvalue weighted by Crippen LogP contribution is -2.51. The van der Waals surface area contributed by atoms with E-state index in [1.54, 1.807) is 17.9 Å². The van der Waals surface area contributed by atoms with Crippen molar-refractivity contribution in [2.24, 2.45) is 11.8 Å². The van der Waals surface area contributed by atoms with Gasteiger partial charge in [-0.3, -0.25) is 14.9 Å². The van der Waals surface area contributed by atoms with Gasteiger partial charge in [0.15, 0.2) is 0 Å². The van der Waals surface area contributed by atoms with Crippen molar-refractivity contribution >= 4 is 23.5 Å². The maximum atomic E-state index is 13.7. The third-order valence-corrected chi connectivity index (χ3v) is 5.46. The maximum absolute atomic E-state index is 13.7. The van der Waals surface area contributed by atoms with Gasteiger partial charge in [0.2, 0.25) is 11.8 Å². The van der Waals surface area contributed by atoms with E-state index >= 15 is 0 Å². The van der Waals surface area contributed by atoms with Crippen molar-refractivity contribution in [3.8, 4) is 5.75 Å². The predicted molar refractivity (Wildman–Crippen MR) is 110 cm³/mol. The molecule has 1 aromatic rings. The fourth-order valence-electron chi connectivity index (χ4n) is 3.48. The Hall–Kier alpha value is -2.84. The van der Waals surface area contributed by atoms with Crippen LogP contribution < -0.4 is 20.3 Å². The van der Waals surface area contributed by atoms with Crippen LogP contribution in [0.1, 0.15) is 26.2 Å². The molecule has 1 heterocycles. The Bertz CT molecular complexity index is 791. The standard InChI is InChI=1S/C21H29FN4O4/c1-14(13-23-21(29)24-19(27)9-15-3-4-15)20(28)26-7-5-25(6-8-26)17-10-16(22)11-18(12-17)30-2/h10-12,14-15H,3-9,13H2,1-2H3,(H2,23,24,27,29)/t14-/m1/s1. The second-order valence-electron chi connectivity index (χ2n) is 7.97. The van der Waals surface area contributed by atoms with Gasteiger partial charge in [-0.15, -0.1) is 0 Å². The first-order valence-electron chi connectivity index (χ1n) is 10.3. The number of imide groups is 1. The Morgan fingerprint density at radius 2 is 1.87 bits per heavy atom. The molecule has 0 aromatic heterocycles. The van der Waals surface area contributed by atoms with Crippen LogP contribution in [0.15, 0.2) is 18.2 Å². The average molecular weight is 420 g/mol. The van der Waals surface area contributed by atoms with Gasteiger partial charge < -0.3 is 19.9 Å². The van der Waals surface area contributed by atoms with E-state index in [-0.39, 0.29) is 24.2 Å². The number of hydrogen-bond donors (Lipinski definition) is 2. The number of nitrogens with one attached hydrogen (secondary N) is 2. The molecule has 1 aromatic carbocycles. The SMILES string of the molecule is COc1cc(F)cc(N2CCN(C(=O)[C@H](C)CNC(=O)NC(=O)CC3CC3)CC2)c1. The molecule has 0 bridgehead atoms. The number of nitrogens with zero attached hydrogens (tertiary/aromatic N) is 2. The Morgan fingerprint density at radius 1 is 1.17 bits per heavy atom. The van der Waals surface area contributed by atoms with Crippen LogP contribution in [0.3, 0.4) is 0 Å². The highest BCUT2D eigenvalue weighted by Gasteiger charge is 2.27. The molecule has 0 unspecified atom stereocenters. The molecule has 8 nitrogen and oxygen atoms in total. The van der Waals surface area contributed by atoms with Crippen LogP contribution >= 0.6 is 0 Å². The third kappa shape index (κ3) is 6.08. The van der Waals surface area contributed by atoms with E-state index in [4.69, 9.17) is 4.74 Å². The Morgan fingerprint density at radius 3 is 2.50 bits per heavy atom. The summed E-state index contributed by atoms with van der Waals surface area (Å²) in [6.07, 6.45) is 2.46. The first kappa shape index (κ1) is 21.9.